The Morgan fingerprint density at radius 3 is 2.68 bits per heavy atom. The Bertz CT molecular complexity index is 1020. The molecule has 0 aromatic heterocycles. The third-order valence-corrected chi connectivity index (χ3v) is 6.85. The number of carbonyl (C=O) groups excluding carboxylic acids is 2. The average molecular weight is 525 g/mol. The lowest BCUT2D eigenvalue weighted by Gasteiger charge is -2.26. The van der Waals surface area contributed by atoms with E-state index in [4.69, 9.17) is 14.3 Å². The molecule has 38 heavy (non-hydrogen) atoms. The van der Waals surface area contributed by atoms with E-state index in [2.05, 4.69) is 12.1 Å². The molecule has 2 atom stereocenters. The molecule has 0 spiro atoms. The quantitative estimate of drug-likeness (QED) is 0.193. The number of esters is 1. The normalized spacial score (nSPS) is 23.7. The van der Waals surface area contributed by atoms with Gasteiger partial charge in [-0.15, -0.1) is 0 Å². The zero-order valence-electron chi connectivity index (χ0n) is 23.5. The number of nitrogens with zero attached hydrogens (tertiary/aromatic N) is 2. The third kappa shape index (κ3) is 9.43. The van der Waals surface area contributed by atoms with Gasteiger partial charge in [0.15, 0.2) is 6.61 Å². The van der Waals surface area contributed by atoms with E-state index < -0.39 is 0 Å². The summed E-state index contributed by atoms with van der Waals surface area (Å²) in [7, 11) is 0. The van der Waals surface area contributed by atoms with Gasteiger partial charge >= 0.3 is 5.97 Å². The Kier molecular flexibility index (Phi) is 12.1. The molecule has 7 nitrogen and oxygen atoms in total. The highest BCUT2D eigenvalue weighted by molar-refractivity contribution is 6.00. The number of unbranched alkanes of at least 4 members (excludes halogenated alkanes) is 1. The summed E-state index contributed by atoms with van der Waals surface area (Å²) in [4.78, 5) is 33.2. The van der Waals surface area contributed by atoms with Crippen LogP contribution in [0.25, 0.3) is 0 Å². The second-order valence-corrected chi connectivity index (χ2v) is 10.4. The first-order valence-corrected chi connectivity index (χ1v) is 14.1. The SMILES string of the molecule is CCCCOC1/C=C/C[C@@H](C)OC(=O)c2c(C)cc(C)cc2CC(=N/OCC(=O)N2CCCCC2)/C=C/C1. The van der Waals surface area contributed by atoms with Gasteiger partial charge in [-0.3, -0.25) is 4.79 Å². The molecule has 0 radical (unpaired) electrons. The molecule has 3 rings (SSSR count). The summed E-state index contributed by atoms with van der Waals surface area (Å²) in [6.45, 7) is 10.1. The van der Waals surface area contributed by atoms with E-state index >= 15 is 0 Å². The van der Waals surface area contributed by atoms with Gasteiger partial charge in [-0.05, 0) is 70.1 Å². The minimum atomic E-state index is -0.337. The highest BCUT2D eigenvalue weighted by Gasteiger charge is 2.21. The van der Waals surface area contributed by atoms with Crippen LogP contribution in [-0.2, 0) is 25.5 Å². The van der Waals surface area contributed by atoms with Crippen LogP contribution in [0.4, 0.5) is 0 Å². The number of hydrogen-bond donors (Lipinski definition) is 0. The van der Waals surface area contributed by atoms with Crippen LogP contribution in [0.5, 0.6) is 0 Å². The van der Waals surface area contributed by atoms with Gasteiger partial charge in [-0.25, -0.2) is 4.79 Å². The van der Waals surface area contributed by atoms with Gasteiger partial charge in [0.05, 0.1) is 17.4 Å². The Balaban J connectivity index is 1.86. The lowest BCUT2D eigenvalue weighted by Crippen LogP contribution is -2.37. The molecule has 7 heteroatoms. The van der Waals surface area contributed by atoms with Gasteiger partial charge in [-0.1, -0.05) is 54.4 Å². The van der Waals surface area contributed by atoms with E-state index in [-0.39, 0.29) is 30.7 Å². The molecule has 1 aromatic rings. The Morgan fingerprint density at radius 2 is 1.92 bits per heavy atom. The van der Waals surface area contributed by atoms with Gasteiger partial charge in [0.25, 0.3) is 5.91 Å². The van der Waals surface area contributed by atoms with Crippen LogP contribution in [0, 0.1) is 13.8 Å². The van der Waals surface area contributed by atoms with E-state index in [9.17, 15) is 9.59 Å². The first-order chi connectivity index (χ1) is 18.4. The number of carbonyl (C=O) groups is 2. The van der Waals surface area contributed by atoms with Crippen LogP contribution in [0.2, 0.25) is 0 Å². The topological polar surface area (TPSA) is 77.4 Å². The van der Waals surface area contributed by atoms with Gasteiger partial charge in [0.1, 0.15) is 6.10 Å². The van der Waals surface area contributed by atoms with Gasteiger partial charge in [-0.2, -0.15) is 0 Å². The summed E-state index contributed by atoms with van der Waals surface area (Å²) in [5.41, 5.74) is 3.96. The molecule has 2 aliphatic rings. The monoisotopic (exact) mass is 524 g/mol. The summed E-state index contributed by atoms with van der Waals surface area (Å²) in [6, 6.07) is 3.99. The molecule has 0 bridgehead atoms. The number of rotatable bonds is 7. The fraction of sp³-hybridized carbons (Fsp3) is 0.581. The van der Waals surface area contributed by atoms with Crippen molar-refractivity contribution in [1.29, 1.82) is 0 Å². The maximum Gasteiger partial charge on any atom is 0.338 e. The fourth-order valence-corrected chi connectivity index (χ4v) is 4.84. The molecule has 1 amide bonds. The highest BCUT2D eigenvalue weighted by Crippen LogP contribution is 2.22. The molecule has 0 aliphatic carbocycles. The number of oxime groups is 1. The number of amides is 1. The zero-order chi connectivity index (χ0) is 27.3. The predicted molar refractivity (Wildman–Crippen MR) is 150 cm³/mol. The van der Waals surface area contributed by atoms with Crippen LogP contribution in [0.15, 0.2) is 41.6 Å². The van der Waals surface area contributed by atoms with Gasteiger partial charge in [0, 0.05) is 32.5 Å². The largest absolute Gasteiger partial charge is 0.459 e. The van der Waals surface area contributed by atoms with Gasteiger partial charge < -0.3 is 19.2 Å². The van der Waals surface area contributed by atoms with Crippen molar-refractivity contribution in [2.24, 2.45) is 5.16 Å². The standard InChI is InChI=1S/C31H44N2O5/c1-5-6-18-36-28-14-10-12-25(4)38-31(35)30-24(3)19-23(2)20-26(30)21-27(13-11-15-28)32-37-22-29(34)33-16-8-7-9-17-33/h10-11,13-14,19-20,25,28H,5-9,12,15-18,21-22H2,1-4H3/b13-11+,14-10+,32-27+/t25-,28?/m1/s1. The average Bonchev–Trinajstić information content (AvgIpc) is 2.88. The summed E-state index contributed by atoms with van der Waals surface area (Å²) in [5, 5.41) is 4.36. The van der Waals surface area contributed by atoms with Gasteiger partial charge in [0.2, 0.25) is 0 Å². The van der Waals surface area contributed by atoms with Crippen molar-refractivity contribution >= 4 is 17.6 Å². The summed E-state index contributed by atoms with van der Waals surface area (Å²) in [6.07, 6.45) is 14.7. The Hall–Kier alpha value is -2.93. The van der Waals surface area contributed by atoms with Crippen LogP contribution in [0.1, 0.15) is 85.8 Å². The Morgan fingerprint density at radius 1 is 1.13 bits per heavy atom. The molecule has 0 N–H and O–H groups in total. The number of allylic oxidation sites excluding steroid dienone is 1. The maximum atomic E-state index is 13.2. The molecule has 2 heterocycles. The number of benzene rings is 1. The molecule has 1 unspecified atom stereocenters. The van der Waals surface area contributed by atoms with Crippen LogP contribution >= 0.6 is 0 Å². The minimum Gasteiger partial charge on any atom is -0.459 e. The molecule has 208 valence electrons. The molecule has 1 fully saturated rings. The zero-order valence-corrected chi connectivity index (χ0v) is 23.5. The second kappa shape index (κ2) is 15.5. The molecular formula is C31H44N2O5. The number of piperidine rings is 1. The van der Waals surface area contributed by atoms with E-state index in [1.165, 1.54) is 0 Å². The number of likely N-dealkylation sites (tertiary alicyclic amines) is 1. The Labute approximate surface area is 227 Å². The fourth-order valence-electron chi connectivity index (χ4n) is 4.84. The second-order valence-electron chi connectivity index (χ2n) is 10.4. The van der Waals surface area contributed by atoms with E-state index in [0.29, 0.717) is 37.1 Å². The van der Waals surface area contributed by atoms with Crippen molar-refractivity contribution in [1.82, 2.24) is 4.90 Å². The number of aryl methyl sites for hydroxylation is 2. The predicted octanol–water partition coefficient (Wildman–Crippen LogP) is 5.87. The van der Waals surface area contributed by atoms with Crippen molar-refractivity contribution in [3.05, 3.63) is 58.7 Å². The van der Waals surface area contributed by atoms with Crippen molar-refractivity contribution < 1.29 is 23.9 Å². The molecule has 1 saturated heterocycles. The minimum absolute atomic E-state index is 0.0434. The number of cyclic esters (lactones) is 1. The van der Waals surface area contributed by atoms with E-state index in [1.54, 1.807) is 0 Å². The van der Waals surface area contributed by atoms with Crippen LogP contribution in [0.3, 0.4) is 0 Å². The number of hydrogen-bond acceptors (Lipinski definition) is 6. The summed E-state index contributed by atoms with van der Waals surface area (Å²) in [5.74, 6) is -0.381. The summed E-state index contributed by atoms with van der Waals surface area (Å²) >= 11 is 0. The van der Waals surface area contributed by atoms with Crippen LogP contribution in [-0.4, -0.2) is 61.0 Å². The molecule has 0 saturated carbocycles. The third-order valence-electron chi connectivity index (χ3n) is 6.85. The van der Waals surface area contributed by atoms with E-state index in [0.717, 1.165) is 61.9 Å². The summed E-state index contributed by atoms with van der Waals surface area (Å²) < 4.78 is 11.9. The van der Waals surface area contributed by atoms with Crippen molar-refractivity contribution in [2.45, 2.75) is 91.3 Å². The maximum absolute atomic E-state index is 13.2. The van der Waals surface area contributed by atoms with Crippen molar-refractivity contribution in [3.63, 3.8) is 0 Å². The number of ether oxygens (including phenoxy) is 2. The molecular weight excluding hydrogens is 480 g/mol. The van der Waals surface area contributed by atoms with E-state index in [1.807, 2.05) is 62.1 Å². The first kappa shape index (κ1) is 29.6. The molecule has 2 aliphatic heterocycles. The smallest absolute Gasteiger partial charge is 0.338 e. The lowest BCUT2D eigenvalue weighted by molar-refractivity contribution is -0.137. The highest BCUT2D eigenvalue weighted by atomic mass is 16.6. The van der Waals surface area contributed by atoms with Crippen molar-refractivity contribution in [3.8, 4) is 0 Å². The first-order valence-electron chi connectivity index (χ1n) is 14.1. The number of fused-ring (bicyclic) bond motifs is 1. The lowest BCUT2D eigenvalue weighted by atomic mass is 9.95. The molecule has 1 aromatic carbocycles. The van der Waals surface area contributed by atoms with Crippen LogP contribution < -0.4 is 0 Å². The van der Waals surface area contributed by atoms with Crippen molar-refractivity contribution in [2.75, 3.05) is 26.3 Å².